The second kappa shape index (κ2) is 9.49. The molecule has 0 spiro atoms. The van der Waals surface area contributed by atoms with Gasteiger partial charge >= 0.3 is 0 Å². The third kappa shape index (κ3) is 4.08. The summed E-state index contributed by atoms with van der Waals surface area (Å²) in [6.07, 6.45) is 6.86. The lowest BCUT2D eigenvalue weighted by molar-refractivity contribution is 0.126. The molecule has 10 nitrogen and oxygen atoms in total. The molecule has 0 saturated carbocycles. The van der Waals surface area contributed by atoms with Crippen molar-refractivity contribution >= 4 is 11.9 Å². The van der Waals surface area contributed by atoms with E-state index in [2.05, 4.69) is 20.2 Å². The predicted octanol–water partition coefficient (Wildman–Crippen LogP) is 4.85. The molecule has 0 aliphatic carbocycles. The Labute approximate surface area is 223 Å². The van der Waals surface area contributed by atoms with Crippen LogP contribution in [-0.2, 0) is 11.4 Å². The van der Waals surface area contributed by atoms with Crippen molar-refractivity contribution in [2.75, 3.05) is 0 Å². The van der Waals surface area contributed by atoms with Crippen LogP contribution in [-0.4, -0.2) is 40.6 Å². The van der Waals surface area contributed by atoms with Crippen molar-refractivity contribution in [2.24, 2.45) is 5.16 Å². The molecule has 0 fully saturated rings. The number of rotatable bonds is 6. The first-order valence-corrected chi connectivity index (χ1v) is 12.4. The summed E-state index contributed by atoms with van der Waals surface area (Å²) < 4.78 is 9.90. The predicted molar refractivity (Wildman–Crippen MR) is 143 cm³/mol. The maximum absolute atomic E-state index is 6.43. The number of ether oxygens (including phenoxy) is 1. The number of benzene rings is 2. The van der Waals surface area contributed by atoms with E-state index < -0.39 is 0 Å². The fourth-order valence-electron chi connectivity index (χ4n) is 4.84. The van der Waals surface area contributed by atoms with Crippen LogP contribution in [0, 0.1) is 6.92 Å². The molecule has 0 radical (unpaired) electrons. The zero-order valence-electron chi connectivity index (χ0n) is 20.9. The standard InChI is InChI=1S/C29H22N8O2/c1-19-24-25(21-11-8-14-30-16-21)26-27-33-23(17-38-32-15-20-9-4-2-5-10-20)35-36(27)18-31-28(26)39-29(24)37(34-19)22-12-6-3-7-13-22/h2-16,18,25H,17H2,1H3/b32-15+. The molecule has 0 bridgehead atoms. The van der Waals surface area contributed by atoms with Gasteiger partial charge in [-0.2, -0.15) is 5.10 Å². The van der Waals surface area contributed by atoms with Crippen molar-refractivity contribution in [3.63, 3.8) is 0 Å². The van der Waals surface area contributed by atoms with Gasteiger partial charge in [-0.05, 0) is 36.2 Å². The molecule has 6 aromatic rings. The van der Waals surface area contributed by atoms with Crippen molar-refractivity contribution in [1.82, 2.24) is 34.3 Å². The number of nitrogens with zero attached hydrogens (tertiary/aromatic N) is 8. The lowest BCUT2D eigenvalue weighted by Crippen LogP contribution is -2.16. The van der Waals surface area contributed by atoms with E-state index in [1.165, 1.54) is 0 Å². The molecule has 0 amide bonds. The normalized spacial score (nSPS) is 14.2. The average molecular weight is 515 g/mol. The van der Waals surface area contributed by atoms with Gasteiger partial charge in [0.1, 0.15) is 6.33 Å². The smallest absolute Gasteiger partial charge is 0.230 e. The molecule has 1 aliphatic heterocycles. The first-order chi connectivity index (χ1) is 19.3. The summed E-state index contributed by atoms with van der Waals surface area (Å²) in [4.78, 5) is 19.3. The van der Waals surface area contributed by atoms with Crippen LogP contribution in [0.25, 0.3) is 11.3 Å². The van der Waals surface area contributed by atoms with Crippen LogP contribution >= 0.6 is 0 Å². The van der Waals surface area contributed by atoms with E-state index in [1.807, 2.05) is 90.6 Å². The van der Waals surface area contributed by atoms with E-state index >= 15 is 0 Å². The summed E-state index contributed by atoms with van der Waals surface area (Å²) in [5.74, 6) is 1.28. The van der Waals surface area contributed by atoms with E-state index in [4.69, 9.17) is 19.7 Å². The highest BCUT2D eigenvalue weighted by Gasteiger charge is 2.38. The van der Waals surface area contributed by atoms with E-state index in [-0.39, 0.29) is 12.5 Å². The summed E-state index contributed by atoms with van der Waals surface area (Å²) >= 11 is 0. The third-order valence-electron chi connectivity index (χ3n) is 6.55. The molecule has 7 rings (SSSR count). The minimum Gasteiger partial charge on any atom is -0.420 e. The lowest BCUT2D eigenvalue weighted by atomic mass is 9.85. The van der Waals surface area contributed by atoms with Crippen LogP contribution in [0.3, 0.4) is 0 Å². The van der Waals surface area contributed by atoms with E-state index in [9.17, 15) is 0 Å². The molecule has 5 heterocycles. The molecule has 0 saturated heterocycles. The highest BCUT2D eigenvalue weighted by molar-refractivity contribution is 5.78. The van der Waals surface area contributed by atoms with Crippen molar-refractivity contribution < 1.29 is 9.57 Å². The summed E-state index contributed by atoms with van der Waals surface area (Å²) in [6, 6.07) is 23.6. The maximum Gasteiger partial charge on any atom is 0.230 e. The van der Waals surface area contributed by atoms with Gasteiger partial charge in [0.05, 0.1) is 34.6 Å². The van der Waals surface area contributed by atoms with Crippen LogP contribution in [0.2, 0.25) is 0 Å². The van der Waals surface area contributed by atoms with Crippen molar-refractivity contribution in [3.05, 3.63) is 125 Å². The van der Waals surface area contributed by atoms with Gasteiger partial charge < -0.3 is 9.57 Å². The summed E-state index contributed by atoms with van der Waals surface area (Å²) in [7, 11) is 0. The Morgan fingerprint density at radius 2 is 1.79 bits per heavy atom. The molecule has 0 N–H and O–H groups in total. The molecule has 2 aromatic carbocycles. The zero-order valence-corrected chi connectivity index (χ0v) is 20.9. The minimum atomic E-state index is -0.264. The molecular formula is C29H22N8O2. The van der Waals surface area contributed by atoms with E-state index in [1.54, 1.807) is 23.3 Å². The number of para-hydroxylation sites is 1. The van der Waals surface area contributed by atoms with E-state index in [0.29, 0.717) is 23.2 Å². The minimum absolute atomic E-state index is 0.106. The van der Waals surface area contributed by atoms with Crippen LogP contribution in [0.4, 0.5) is 0 Å². The first kappa shape index (κ1) is 22.8. The number of hydrogen-bond acceptors (Lipinski definition) is 8. The number of aromatic nitrogens is 7. The zero-order chi connectivity index (χ0) is 26.2. The largest absolute Gasteiger partial charge is 0.420 e. The first-order valence-electron chi connectivity index (χ1n) is 12.4. The second-order valence-corrected chi connectivity index (χ2v) is 9.05. The Balaban J connectivity index is 1.31. The number of hydrogen-bond donors (Lipinski definition) is 0. The summed E-state index contributed by atoms with van der Waals surface area (Å²) in [6.45, 7) is 2.09. The Morgan fingerprint density at radius 1 is 0.974 bits per heavy atom. The quantitative estimate of drug-likeness (QED) is 0.231. The van der Waals surface area contributed by atoms with Crippen molar-refractivity contribution in [2.45, 2.75) is 19.4 Å². The monoisotopic (exact) mass is 514 g/mol. The SMILES string of the molecule is Cc1nn(-c2ccccc2)c2c1C(c1cccnc1)c1c(ncn3nc(CO/N=C/c4ccccc4)nc13)O2. The Bertz CT molecular complexity index is 1800. The molecule has 1 unspecified atom stereocenters. The Kier molecular flexibility index (Phi) is 5.55. The number of fused-ring (bicyclic) bond motifs is 4. The van der Waals surface area contributed by atoms with E-state index in [0.717, 1.165) is 33.6 Å². The van der Waals surface area contributed by atoms with Gasteiger partial charge in [-0.1, -0.05) is 59.8 Å². The molecule has 4 aromatic heterocycles. The van der Waals surface area contributed by atoms with Crippen LogP contribution in [0.5, 0.6) is 11.8 Å². The third-order valence-corrected chi connectivity index (χ3v) is 6.55. The molecule has 10 heteroatoms. The van der Waals surface area contributed by atoms with Crippen molar-refractivity contribution in [3.8, 4) is 17.4 Å². The molecule has 39 heavy (non-hydrogen) atoms. The van der Waals surface area contributed by atoms with Gasteiger partial charge in [0.2, 0.25) is 11.8 Å². The second-order valence-electron chi connectivity index (χ2n) is 9.05. The topological polar surface area (TPSA) is 105 Å². The lowest BCUT2D eigenvalue weighted by Gasteiger charge is -2.26. The Morgan fingerprint density at radius 3 is 2.59 bits per heavy atom. The number of oxime groups is 1. The summed E-state index contributed by atoms with van der Waals surface area (Å²) in [5, 5.41) is 13.5. The van der Waals surface area contributed by atoms with Crippen LogP contribution in [0.1, 0.15) is 39.7 Å². The van der Waals surface area contributed by atoms with Gasteiger partial charge in [0.15, 0.2) is 18.1 Å². The highest BCUT2D eigenvalue weighted by atomic mass is 16.6. The molecule has 1 aliphatic rings. The van der Waals surface area contributed by atoms with Gasteiger partial charge in [-0.15, -0.1) is 5.10 Å². The van der Waals surface area contributed by atoms with Gasteiger partial charge in [-0.25, -0.2) is 19.2 Å². The molecule has 190 valence electrons. The average Bonchev–Trinajstić information content (AvgIpc) is 3.56. The number of pyridine rings is 1. The summed E-state index contributed by atoms with van der Waals surface area (Å²) in [5.41, 5.74) is 6.00. The Hall–Kier alpha value is -5.38. The molecule has 1 atom stereocenters. The van der Waals surface area contributed by atoms with Gasteiger partial charge in [-0.3, -0.25) is 4.98 Å². The maximum atomic E-state index is 6.43. The fourth-order valence-corrected chi connectivity index (χ4v) is 4.84. The van der Waals surface area contributed by atoms with Gasteiger partial charge in [0, 0.05) is 12.4 Å². The van der Waals surface area contributed by atoms with Crippen LogP contribution < -0.4 is 4.74 Å². The van der Waals surface area contributed by atoms with Crippen molar-refractivity contribution in [1.29, 1.82) is 0 Å². The molecular weight excluding hydrogens is 492 g/mol. The number of aryl methyl sites for hydroxylation is 1. The fraction of sp³-hybridized carbons (Fsp3) is 0.103. The van der Waals surface area contributed by atoms with Crippen LogP contribution in [0.15, 0.2) is 96.7 Å². The van der Waals surface area contributed by atoms with Gasteiger partial charge in [0.25, 0.3) is 0 Å². The highest BCUT2D eigenvalue weighted by Crippen LogP contribution is 2.49.